The maximum atomic E-state index is 13.3. The summed E-state index contributed by atoms with van der Waals surface area (Å²) >= 11 is 0. The summed E-state index contributed by atoms with van der Waals surface area (Å²) < 4.78 is 16.4. The summed E-state index contributed by atoms with van der Waals surface area (Å²) in [7, 11) is 3.05. The second-order valence-corrected chi connectivity index (χ2v) is 8.30. The van der Waals surface area contributed by atoms with Gasteiger partial charge in [-0.1, -0.05) is 48.5 Å². The minimum atomic E-state index is -0.801. The first-order chi connectivity index (χ1) is 17.5. The lowest BCUT2D eigenvalue weighted by Gasteiger charge is -2.26. The number of likely N-dealkylation sites (tertiary alicyclic amines) is 1. The molecular weight excluding hydrogens is 458 g/mol. The summed E-state index contributed by atoms with van der Waals surface area (Å²) in [6, 6.07) is 21.0. The molecule has 1 atom stereocenters. The van der Waals surface area contributed by atoms with Crippen LogP contribution in [0.25, 0.3) is 5.76 Å². The van der Waals surface area contributed by atoms with Crippen molar-refractivity contribution < 1.29 is 28.9 Å². The third-order valence-corrected chi connectivity index (χ3v) is 6.17. The van der Waals surface area contributed by atoms with Gasteiger partial charge in [0, 0.05) is 12.1 Å². The Morgan fingerprint density at radius 1 is 0.917 bits per heavy atom. The van der Waals surface area contributed by atoms with Crippen molar-refractivity contribution in [3.8, 4) is 17.2 Å². The molecule has 1 amide bonds. The van der Waals surface area contributed by atoms with E-state index >= 15 is 0 Å². The van der Waals surface area contributed by atoms with Gasteiger partial charge in [-0.15, -0.1) is 0 Å². The Kier molecular flexibility index (Phi) is 7.59. The number of hydrogen-bond donors (Lipinski definition) is 1. The monoisotopic (exact) mass is 487 g/mol. The molecule has 0 radical (unpaired) electrons. The standard InChI is InChI=1S/C29H29NO6/c1-4-36-23-14-13-20(18-24(23)35-3)26-25(27(31)21-11-8-12-22(17-21)34-2)28(32)29(33)30(26)16-15-19-9-6-5-7-10-19/h5-14,17-18,26,31H,4,15-16H2,1-3H3. The van der Waals surface area contributed by atoms with Crippen molar-refractivity contribution in [1.82, 2.24) is 4.90 Å². The minimum Gasteiger partial charge on any atom is -0.507 e. The number of Topliss-reactive ketones (excluding diaryl/α,β-unsaturated/α-hetero) is 1. The maximum absolute atomic E-state index is 13.3. The number of amides is 1. The summed E-state index contributed by atoms with van der Waals surface area (Å²) in [5.41, 5.74) is 2.08. The van der Waals surface area contributed by atoms with Crippen molar-refractivity contribution in [3.63, 3.8) is 0 Å². The highest BCUT2D eigenvalue weighted by Gasteiger charge is 2.46. The predicted molar refractivity (Wildman–Crippen MR) is 136 cm³/mol. The van der Waals surface area contributed by atoms with Crippen molar-refractivity contribution >= 4 is 17.4 Å². The van der Waals surface area contributed by atoms with Crippen LogP contribution in [0.5, 0.6) is 17.2 Å². The molecule has 0 spiro atoms. The molecule has 0 aliphatic carbocycles. The lowest BCUT2D eigenvalue weighted by Crippen LogP contribution is -2.31. The Balaban J connectivity index is 1.83. The molecule has 0 bridgehead atoms. The van der Waals surface area contributed by atoms with Gasteiger partial charge in [0.25, 0.3) is 11.7 Å². The SMILES string of the molecule is CCOc1ccc(C2C(=C(O)c3cccc(OC)c3)C(=O)C(=O)N2CCc2ccccc2)cc1OC. The van der Waals surface area contributed by atoms with Crippen LogP contribution in [-0.2, 0) is 16.0 Å². The van der Waals surface area contributed by atoms with E-state index in [9.17, 15) is 14.7 Å². The molecule has 1 aliphatic heterocycles. The molecule has 7 nitrogen and oxygen atoms in total. The van der Waals surface area contributed by atoms with Gasteiger partial charge in [-0.25, -0.2) is 0 Å². The number of methoxy groups -OCH3 is 2. The number of carbonyl (C=O) groups is 2. The molecule has 7 heteroatoms. The average Bonchev–Trinajstić information content (AvgIpc) is 3.17. The van der Waals surface area contributed by atoms with E-state index in [0.29, 0.717) is 47.9 Å². The van der Waals surface area contributed by atoms with E-state index in [4.69, 9.17) is 14.2 Å². The largest absolute Gasteiger partial charge is 0.507 e. The number of hydrogen-bond acceptors (Lipinski definition) is 6. The molecule has 1 N–H and O–H groups in total. The number of aliphatic hydroxyl groups is 1. The molecule has 36 heavy (non-hydrogen) atoms. The lowest BCUT2D eigenvalue weighted by atomic mass is 9.94. The number of aliphatic hydroxyl groups excluding tert-OH is 1. The van der Waals surface area contributed by atoms with Crippen molar-refractivity contribution in [2.45, 2.75) is 19.4 Å². The zero-order valence-electron chi connectivity index (χ0n) is 20.6. The van der Waals surface area contributed by atoms with Gasteiger partial charge in [-0.05, 0) is 48.7 Å². The van der Waals surface area contributed by atoms with E-state index in [2.05, 4.69) is 0 Å². The van der Waals surface area contributed by atoms with E-state index in [1.807, 2.05) is 37.3 Å². The molecule has 1 unspecified atom stereocenters. The first-order valence-electron chi connectivity index (χ1n) is 11.8. The van der Waals surface area contributed by atoms with E-state index in [1.54, 1.807) is 42.5 Å². The van der Waals surface area contributed by atoms with Crippen LogP contribution in [0, 0.1) is 0 Å². The van der Waals surface area contributed by atoms with Gasteiger partial charge in [0.05, 0.1) is 32.4 Å². The number of ketones is 1. The first-order valence-corrected chi connectivity index (χ1v) is 11.8. The molecule has 1 aliphatic rings. The Morgan fingerprint density at radius 2 is 1.69 bits per heavy atom. The van der Waals surface area contributed by atoms with Crippen molar-refractivity contribution in [2.75, 3.05) is 27.4 Å². The van der Waals surface area contributed by atoms with Gasteiger partial charge < -0.3 is 24.2 Å². The Labute approximate surface area is 210 Å². The fourth-order valence-electron chi connectivity index (χ4n) is 4.41. The Morgan fingerprint density at radius 3 is 2.39 bits per heavy atom. The normalized spacial score (nSPS) is 16.8. The molecule has 186 valence electrons. The number of nitrogens with zero attached hydrogens (tertiary/aromatic N) is 1. The van der Waals surface area contributed by atoms with E-state index < -0.39 is 17.7 Å². The number of ether oxygens (including phenoxy) is 3. The van der Waals surface area contributed by atoms with Crippen LogP contribution >= 0.6 is 0 Å². The van der Waals surface area contributed by atoms with Gasteiger partial charge in [0.1, 0.15) is 11.5 Å². The van der Waals surface area contributed by atoms with Gasteiger partial charge in [-0.2, -0.15) is 0 Å². The lowest BCUT2D eigenvalue weighted by molar-refractivity contribution is -0.139. The summed E-state index contributed by atoms with van der Waals surface area (Å²) in [5, 5.41) is 11.3. The molecule has 3 aromatic carbocycles. The molecule has 1 saturated heterocycles. The zero-order chi connectivity index (χ0) is 25.7. The molecular formula is C29H29NO6. The van der Waals surface area contributed by atoms with Crippen LogP contribution in [0.4, 0.5) is 0 Å². The van der Waals surface area contributed by atoms with Crippen molar-refractivity contribution in [3.05, 3.63) is 95.1 Å². The van der Waals surface area contributed by atoms with Crippen LogP contribution in [-0.4, -0.2) is 49.1 Å². The third kappa shape index (κ3) is 4.91. The van der Waals surface area contributed by atoms with Crippen LogP contribution < -0.4 is 14.2 Å². The molecule has 0 saturated carbocycles. The number of rotatable bonds is 9. The van der Waals surface area contributed by atoms with Crippen LogP contribution in [0.15, 0.2) is 78.4 Å². The smallest absolute Gasteiger partial charge is 0.295 e. The summed E-state index contributed by atoms with van der Waals surface area (Å²) in [6.45, 7) is 2.63. The highest BCUT2D eigenvalue weighted by Crippen LogP contribution is 2.42. The van der Waals surface area contributed by atoms with Crippen LogP contribution in [0.1, 0.15) is 29.7 Å². The zero-order valence-corrected chi connectivity index (χ0v) is 20.6. The van der Waals surface area contributed by atoms with Crippen molar-refractivity contribution in [2.24, 2.45) is 0 Å². The topological polar surface area (TPSA) is 85.3 Å². The van der Waals surface area contributed by atoms with E-state index in [1.165, 1.54) is 19.1 Å². The molecule has 1 fully saturated rings. The minimum absolute atomic E-state index is 0.0209. The number of benzene rings is 3. The molecule has 1 heterocycles. The fraction of sp³-hybridized carbons (Fsp3) is 0.241. The van der Waals surface area contributed by atoms with Gasteiger partial charge in [-0.3, -0.25) is 9.59 Å². The summed E-state index contributed by atoms with van der Waals surface area (Å²) in [4.78, 5) is 28.1. The first kappa shape index (κ1) is 24.9. The second kappa shape index (κ2) is 11.0. The van der Waals surface area contributed by atoms with Crippen LogP contribution in [0.2, 0.25) is 0 Å². The Bertz CT molecular complexity index is 1280. The van der Waals surface area contributed by atoms with Gasteiger partial charge >= 0.3 is 0 Å². The summed E-state index contributed by atoms with van der Waals surface area (Å²) in [6.07, 6.45) is 0.553. The highest BCUT2D eigenvalue weighted by atomic mass is 16.5. The second-order valence-electron chi connectivity index (χ2n) is 8.30. The van der Waals surface area contributed by atoms with Crippen molar-refractivity contribution in [1.29, 1.82) is 0 Å². The molecule has 4 rings (SSSR count). The number of carbonyl (C=O) groups excluding carboxylic acids is 2. The highest BCUT2D eigenvalue weighted by molar-refractivity contribution is 6.46. The predicted octanol–water partition coefficient (Wildman–Crippen LogP) is 4.77. The fourth-order valence-corrected chi connectivity index (χ4v) is 4.41. The van der Waals surface area contributed by atoms with E-state index in [-0.39, 0.29) is 11.3 Å². The van der Waals surface area contributed by atoms with Gasteiger partial charge in [0.2, 0.25) is 0 Å². The average molecular weight is 488 g/mol. The quantitative estimate of drug-likeness (QED) is 0.266. The third-order valence-electron chi connectivity index (χ3n) is 6.17. The van der Waals surface area contributed by atoms with E-state index in [0.717, 1.165) is 5.56 Å². The van der Waals surface area contributed by atoms with Crippen LogP contribution in [0.3, 0.4) is 0 Å². The molecule has 0 aromatic heterocycles. The maximum Gasteiger partial charge on any atom is 0.295 e. The summed E-state index contributed by atoms with van der Waals surface area (Å²) in [5.74, 6) is -0.0967. The van der Waals surface area contributed by atoms with Gasteiger partial charge in [0.15, 0.2) is 11.5 Å². The molecule has 3 aromatic rings. The Hall–Kier alpha value is -4.26.